The first-order chi connectivity index (χ1) is 9.49. The Morgan fingerprint density at radius 2 is 1.95 bits per heavy atom. The summed E-state index contributed by atoms with van der Waals surface area (Å²) in [7, 11) is 0. The zero-order chi connectivity index (χ0) is 15.0. The summed E-state index contributed by atoms with van der Waals surface area (Å²) < 4.78 is 7.21. The van der Waals surface area contributed by atoms with Gasteiger partial charge in [-0.3, -0.25) is 0 Å². The van der Waals surface area contributed by atoms with Crippen molar-refractivity contribution >= 4 is 15.9 Å². The molecule has 0 aliphatic carbocycles. The summed E-state index contributed by atoms with van der Waals surface area (Å²) in [4.78, 5) is 0. The topological polar surface area (TPSA) is 21.3 Å². The van der Waals surface area contributed by atoms with Crippen LogP contribution in [-0.4, -0.2) is 19.2 Å². The molecule has 3 heteroatoms. The van der Waals surface area contributed by atoms with Gasteiger partial charge in [-0.15, -0.1) is 0 Å². The lowest BCUT2D eigenvalue weighted by molar-refractivity contribution is 0.0474. The number of rotatable bonds is 9. The highest BCUT2D eigenvalue weighted by Crippen LogP contribution is 2.21. The van der Waals surface area contributed by atoms with Crippen molar-refractivity contribution in [1.29, 1.82) is 0 Å². The van der Waals surface area contributed by atoms with Crippen LogP contribution in [-0.2, 0) is 4.74 Å². The summed E-state index contributed by atoms with van der Waals surface area (Å²) in [6, 6.07) is 8.88. The van der Waals surface area contributed by atoms with Crippen LogP contribution in [0.2, 0.25) is 0 Å². The summed E-state index contributed by atoms with van der Waals surface area (Å²) in [6.07, 6.45) is 2.48. The lowest BCUT2D eigenvalue weighted by Gasteiger charge is -2.21. The first-order valence-electron chi connectivity index (χ1n) is 7.59. The van der Waals surface area contributed by atoms with Gasteiger partial charge in [0.15, 0.2) is 0 Å². The van der Waals surface area contributed by atoms with Crippen molar-refractivity contribution in [3.8, 4) is 0 Å². The van der Waals surface area contributed by atoms with E-state index in [0.717, 1.165) is 30.0 Å². The fourth-order valence-electron chi connectivity index (χ4n) is 2.04. The number of hydrogen-bond acceptors (Lipinski definition) is 2. The summed E-state index contributed by atoms with van der Waals surface area (Å²) in [5, 5.41) is 3.47. The Hall–Kier alpha value is -0.380. The standard InChI is InChI=1S/C17H28BrNO/c1-13(2)7-6-10-20-17(12-19-14(3)4)15-8-5-9-16(18)11-15/h5,8-9,11,13-14,17,19H,6-7,10,12H2,1-4H3. The summed E-state index contributed by atoms with van der Waals surface area (Å²) in [6.45, 7) is 10.5. The Morgan fingerprint density at radius 1 is 1.20 bits per heavy atom. The first kappa shape index (κ1) is 17.7. The van der Waals surface area contributed by atoms with E-state index in [2.05, 4.69) is 73.2 Å². The second kappa shape index (κ2) is 9.54. The fraction of sp³-hybridized carbons (Fsp3) is 0.647. The Morgan fingerprint density at radius 3 is 2.55 bits per heavy atom. The highest BCUT2D eigenvalue weighted by molar-refractivity contribution is 9.10. The molecule has 0 saturated heterocycles. The number of nitrogens with one attached hydrogen (secondary N) is 1. The molecule has 0 aliphatic heterocycles. The normalized spacial score (nSPS) is 13.2. The molecule has 114 valence electrons. The van der Waals surface area contributed by atoms with Crippen LogP contribution in [0.25, 0.3) is 0 Å². The average Bonchev–Trinajstić information content (AvgIpc) is 2.37. The summed E-state index contributed by atoms with van der Waals surface area (Å²) in [5.74, 6) is 0.747. The zero-order valence-corrected chi connectivity index (χ0v) is 14.7. The first-order valence-corrected chi connectivity index (χ1v) is 8.38. The lowest BCUT2D eigenvalue weighted by Crippen LogP contribution is -2.29. The van der Waals surface area contributed by atoms with Crippen molar-refractivity contribution in [2.45, 2.75) is 52.7 Å². The van der Waals surface area contributed by atoms with E-state index in [0.29, 0.717) is 6.04 Å². The predicted octanol–water partition coefficient (Wildman–Crippen LogP) is 4.94. The third-order valence-electron chi connectivity index (χ3n) is 3.18. The molecule has 0 bridgehead atoms. The minimum Gasteiger partial charge on any atom is -0.372 e. The molecule has 1 rings (SSSR count). The molecule has 20 heavy (non-hydrogen) atoms. The van der Waals surface area contributed by atoms with Crippen molar-refractivity contribution in [2.24, 2.45) is 5.92 Å². The largest absolute Gasteiger partial charge is 0.372 e. The van der Waals surface area contributed by atoms with E-state index in [1.807, 2.05) is 0 Å². The molecule has 1 atom stereocenters. The zero-order valence-electron chi connectivity index (χ0n) is 13.2. The SMILES string of the molecule is CC(C)CCCOC(CNC(C)C)c1cccc(Br)c1. The van der Waals surface area contributed by atoms with E-state index in [4.69, 9.17) is 4.74 Å². The number of halogens is 1. The highest BCUT2D eigenvalue weighted by atomic mass is 79.9. The van der Waals surface area contributed by atoms with Crippen molar-refractivity contribution in [3.63, 3.8) is 0 Å². The van der Waals surface area contributed by atoms with Crippen LogP contribution >= 0.6 is 15.9 Å². The Kier molecular flexibility index (Phi) is 8.43. The lowest BCUT2D eigenvalue weighted by atomic mass is 10.1. The van der Waals surface area contributed by atoms with Gasteiger partial charge in [0.05, 0.1) is 6.10 Å². The van der Waals surface area contributed by atoms with E-state index >= 15 is 0 Å². The smallest absolute Gasteiger partial charge is 0.0949 e. The maximum absolute atomic E-state index is 6.10. The van der Waals surface area contributed by atoms with Gasteiger partial charge in [0, 0.05) is 23.7 Å². The third-order valence-corrected chi connectivity index (χ3v) is 3.67. The molecule has 0 aromatic heterocycles. The van der Waals surface area contributed by atoms with Gasteiger partial charge in [0.2, 0.25) is 0 Å². The number of hydrogen-bond donors (Lipinski definition) is 1. The Bertz CT molecular complexity index is 379. The van der Waals surface area contributed by atoms with Gasteiger partial charge in [0.25, 0.3) is 0 Å². The van der Waals surface area contributed by atoms with Gasteiger partial charge < -0.3 is 10.1 Å². The Labute approximate surface area is 132 Å². The van der Waals surface area contributed by atoms with Crippen LogP contribution in [0, 0.1) is 5.92 Å². The van der Waals surface area contributed by atoms with E-state index in [1.165, 1.54) is 12.0 Å². The van der Waals surface area contributed by atoms with E-state index in [-0.39, 0.29) is 6.10 Å². The van der Waals surface area contributed by atoms with Gasteiger partial charge in [-0.1, -0.05) is 55.8 Å². The van der Waals surface area contributed by atoms with Crippen LogP contribution < -0.4 is 5.32 Å². The van der Waals surface area contributed by atoms with Crippen molar-refractivity contribution < 1.29 is 4.74 Å². The van der Waals surface area contributed by atoms with Crippen LogP contribution in [0.3, 0.4) is 0 Å². The van der Waals surface area contributed by atoms with Crippen LogP contribution in [0.15, 0.2) is 28.7 Å². The number of benzene rings is 1. The van der Waals surface area contributed by atoms with Crippen molar-refractivity contribution in [2.75, 3.05) is 13.2 Å². The fourth-order valence-corrected chi connectivity index (χ4v) is 2.46. The summed E-state index contributed by atoms with van der Waals surface area (Å²) >= 11 is 3.54. The maximum atomic E-state index is 6.10. The van der Waals surface area contributed by atoms with Gasteiger partial charge >= 0.3 is 0 Å². The van der Waals surface area contributed by atoms with E-state index < -0.39 is 0 Å². The van der Waals surface area contributed by atoms with Gasteiger partial charge in [-0.2, -0.15) is 0 Å². The Balaban J connectivity index is 2.55. The molecule has 1 aromatic rings. The molecule has 0 heterocycles. The monoisotopic (exact) mass is 341 g/mol. The highest BCUT2D eigenvalue weighted by Gasteiger charge is 2.13. The van der Waals surface area contributed by atoms with Gasteiger partial charge in [-0.25, -0.2) is 0 Å². The van der Waals surface area contributed by atoms with Crippen LogP contribution in [0.1, 0.15) is 52.2 Å². The average molecular weight is 342 g/mol. The van der Waals surface area contributed by atoms with Gasteiger partial charge in [-0.05, 0) is 36.5 Å². The summed E-state index contributed by atoms with van der Waals surface area (Å²) in [5.41, 5.74) is 1.23. The second-order valence-corrected chi connectivity index (χ2v) is 6.93. The third kappa shape index (κ3) is 7.41. The molecule has 1 N–H and O–H groups in total. The molecule has 1 aromatic carbocycles. The minimum absolute atomic E-state index is 0.127. The number of ether oxygens (including phenoxy) is 1. The molecule has 0 fully saturated rings. The predicted molar refractivity (Wildman–Crippen MR) is 90.0 cm³/mol. The molecule has 1 unspecified atom stereocenters. The quantitative estimate of drug-likeness (QED) is 0.642. The molecular formula is C17H28BrNO. The van der Waals surface area contributed by atoms with Crippen LogP contribution in [0.5, 0.6) is 0 Å². The van der Waals surface area contributed by atoms with E-state index in [1.54, 1.807) is 0 Å². The molecule has 0 spiro atoms. The molecule has 0 radical (unpaired) electrons. The molecular weight excluding hydrogens is 314 g/mol. The minimum atomic E-state index is 0.127. The molecule has 0 saturated carbocycles. The molecule has 0 aliphatic rings. The van der Waals surface area contributed by atoms with Crippen LogP contribution in [0.4, 0.5) is 0 Å². The second-order valence-electron chi connectivity index (χ2n) is 6.01. The van der Waals surface area contributed by atoms with E-state index in [9.17, 15) is 0 Å². The van der Waals surface area contributed by atoms with Crippen molar-refractivity contribution in [1.82, 2.24) is 5.32 Å². The molecule has 0 amide bonds. The van der Waals surface area contributed by atoms with Crippen molar-refractivity contribution in [3.05, 3.63) is 34.3 Å². The maximum Gasteiger partial charge on any atom is 0.0949 e. The van der Waals surface area contributed by atoms with Gasteiger partial charge in [0.1, 0.15) is 0 Å². The molecule has 2 nitrogen and oxygen atoms in total.